The van der Waals surface area contributed by atoms with E-state index in [4.69, 9.17) is 5.11 Å². The standard InChI is InChI=1S/C21H36O5.Na/c1-2-3-4-5-6-7-8-9-10-11-12-13-14-15-17(23)19-20(24)18(16-22)26-21(19)25;/h18,22,24H,2-16H2,1H3;/q;+1/p-1/t18-;/m1./s1. The molecule has 1 aliphatic rings. The van der Waals surface area contributed by atoms with Gasteiger partial charge < -0.3 is 14.9 Å². The Morgan fingerprint density at radius 2 is 1.37 bits per heavy atom. The van der Waals surface area contributed by atoms with Crippen LogP contribution in [0.15, 0.2) is 11.3 Å². The van der Waals surface area contributed by atoms with Crippen LogP contribution in [0.2, 0.25) is 0 Å². The smallest absolute Gasteiger partial charge is 0.872 e. The average molecular weight is 390 g/mol. The van der Waals surface area contributed by atoms with E-state index in [9.17, 15) is 14.7 Å². The molecule has 1 N–H and O–H groups in total. The van der Waals surface area contributed by atoms with E-state index in [1.54, 1.807) is 0 Å². The molecule has 1 rings (SSSR count). The van der Waals surface area contributed by atoms with Crippen LogP contribution in [0.5, 0.6) is 0 Å². The Balaban J connectivity index is 0.00000676. The fraction of sp³-hybridized carbons (Fsp3) is 0.810. The van der Waals surface area contributed by atoms with Crippen molar-refractivity contribution in [3.8, 4) is 0 Å². The van der Waals surface area contributed by atoms with Crippen molar-refractivity contribution in [2.24, 2.45) is 0 Å². The van der Waals surface area contributed by atoms with E-state index in [0.717, 1.165) is 12.8 Å². The molecular weight excluding hydrogens is 355 g/mol. The van der Waals surface area contributed by atoms with E-state index in [1.807, 2.05) is 0 Å². The molecular formula is C21H35NaO5. The van der Waals surface area contributed by atoms with Gasteiger partial charge in [-0.25, -0.2) is 4.79 Å². The number of ketones is 1. The van der Waals surface area contributed by atoms with Crippen LogP contribution < -0.4 is 34.7 Å². The third-order valence-electron chi connectivity index (χ3n) is 4.94. The van der Waals surface area contributed by atoms with E-state index >= 15 is 0 Å². The van der Waals surface area contributed by atoms with E-state index in [2.05, 4.69) is 11.7 Å². The van der Waals surface area contributed by atoms with E-state index in [-0.39, 0.29) is 41.6 Å². The molecule has 150 valence electrons. The van der Waals surface area contributed by atoms with Gasteiger partial charge in [-0.3, -0.25) is 4.79 Å². The molecule has 0 saturated carbocycles. The van der Waals surface area contributed by atoms with Crippen LogP contribution in [0.25, 0.3) is 0 Å². The summed E-state index contributed by atoms with van der Waals surface area (Å²) in [4.78, 5) is 23.5. The number of carbonyl (C=O) groups excluding carboxylic acids is 2. The molecule has 0 aliphatic carbocycles. The summed E-state index contributed by atoms with van der Waals surface area (Å²) in [6.45, 7) is 1.67. The number of Topliss-reactive ketones (excluding diaryl/α,β-unsaturated/α-hetero) is 1. The molecule has 0 radical (unpaired) electrons. The van der Waals surface area contributed by atoms with E-state index in [1.165, 1.54) is 64.2 Å². The summed E-state index contributed by atoms with van der Waals surface area (Å²) in [5, 5.41) is 20.7. The van der Waals surface area contributed by atoms with Crippen LogP contribution in [0, 0.1) is 0 Å². The summed E-state index contributed by atoms with van der Waals surface area (Å²) in [7, 11) is 0. The first-order valence-corrected chi connectivity index (χ1v) is 10.4. The van der Waals surface area contributed by atoms with Gasteiger partial charge in [0.1, 0.15) is 6.10 Å². The van der Waals surface area contributed by atoms with Crippen molar-refractivity contribution in [1.29, 1.82) is 0 Å². The topological polar surface area (TPSA) is 86.7 Å². The monoisotopic (exact) mass is 390 g/mol. The van der Waals surface area contributed by atoms with E-state index in [0.29, 0.717) is 6.42 Å². The van der Waals surface area contributed by atoms with Gasteiger partial charge in [-0.15, -0.1) is 0 Å². The fourth-order valence-electron chi connectivity index (χ4n) is 3.30. The quantitative estimate of drug-likeness (QED) is 0.180. The van der Waals surface area contributed by atoms with Gasteiger partial charge in [-0.05, 0) is 6.42 Å². The summed E-state index contributed by atoms with van der Waals surface area (Å²) >= 11 is 0. The Bertz CT molecular complexity index is 461. The van der Waals surface area contributed by atoms with Gasteiger partial charge in [0, 0.05) is 6.42 Å². The van der Waals surface area contributed by atoms with Crippen molar-refractivity contribution in [2.75, 3.05) is 6.61 Å². The Morgan fingerprint density at radius 3 is 1.78 bits per heavy atom. The molecule has 0 spiro atoms. The average Bonchev–Trinajstić information content (AvgIpc) is 2.92. The zero-order valence-corrected chi connectivity index (χ0v) is 19.3. The first-order chi connectivity index (χ1) is 12.6. The number of rotatable bonds is 16. The van der Waals surface area contributed by atoms with Gasteiger partial charge in [-0.2, -0.15) is 0 Å². The molecule has 5 nitrogen and oxygen atoms in total. The Labute approximate surface area is 186 Å². The molecule has 0 aromatic heterocycles. The first-order valence-electron chi connectivity index (χ1n) is 10.4. The first kappa shape index (κ1) is 26.6. The van der Waals surface area contributed by atoms with Crippen molar-refractivity contribution in [1.82, 2.24) is 0 Å². The number of aliphatic hydroxyl groups excluding tert-OH is 1. The minimum absolute atomic E-state index is 0. The number of hydrogen-bond donors (Lipinski definition) is 1. The number of hydrogen-bond acceptors (Lipinski definition) is 5. The van der Waals surface area contributed by atoms with Crippen LogP contribution >= 0.6 is 0 Å². The second kappa shape index (κ2) is 16.6. The molecule has 0 aromatic carbocycles. The van der Waals surface area contributed by atoms with Crippen molar-refractivity contribution in [3.05, 3.63) is 11.3 Å². The predicted molar refractivity (Wildman–Crippen MR) is 99.3 cm³/mol. The predicted octanol–water partition coefficient (Wildman–Crippen LogP) is 0.573. The van der Waals surface area contributed by atoms with Crippen molar-refractivity contribution >= 4 is 11.8 Å². The third kappa shape index (κ3) is 10.7. The SMILES string of the molecule is CCCCCCCCCCCCCCCC(=O)C1=C([O-])[C@@H](CO)OC1=O.[Na+]. The molecule has 1 atom stereocenters. The third-order valence-corrected chi connectivity index (χ3v) is 4.94. The number of carbonyl (C=O) groups is 2. The summed E-state index contributed by atoms with van der Waals surface area (Å²) in [5.41, 5.74) is -0.386. The minimum atomic E-state index is -1.19. The van der Waals surface area contributed by atoms with Gasteiger partial charge in [0.15, 0.2) is 5.78 Å². The van der Waals surface area contributed by atoms with Crippen molar-refractivity contribution < 1.29 is 54.1 Å². The molecule has 0 amide bonds. The summed E-state index contributed by atoms with van der Waals surface area (Å²) in [5.74, 6) is -2.00. The normalized spacial score (nSPS) is 16.4. The van der Waals surface area contributed by atoms with Gasteiger partial charge in [0.25, 0.3) is 0 Å². The zero-order chi connectivity index (χ0) is 19.2. The number of esters is 1. The van der Waals surface area contributed by atoms with Crippen LogP contribution in [-0.4, -0.2) is 29.6 Å². The number of unbranched alkanes of at least 4 members (excludes halogenated alkanes) is 12. The van der Waals surface area contributed by atoms with Crippen molar-refractivity contribution in [3.63, 3.8) is 0 Å². The van der Waals surface area contributed by atoms with E-state index < -0.39 is 30.2 Å². The maximum absolute atomic E-state index is 12.0. The van der Waals surface area contributed by atoms with Crippen LogP contribution in [0.3, 0.4) is 0 Å². The molecule has 0 fully saturated rings. The maximum atomic E-state index is 12.0. The molecule has 0 aromatic rings. The molecule has 6 heteroatoms. The Hall–Kier alpha value is -0.360. The molecule has 1 aliphatic heterocycles. The largest absolute Gasteiger partial charge is 1.00 e. The molecule has 0 saturated heterocycles. The number of aliphatic hydroxyl groups is 1. The fourth-order valence-corrected chi connectivity index (χ4v) is 3.30. The second-order valence-electron chi connectivity index (χ2n) is 7.23. The Kier molecular flexibility index (Phi) is 16.4. The molecule has 27 heavy (non-hydrogen) atoms. The molecule has 0 unspecified atom stereocenters. The van der Waals surface area contributed by atoms with Crippen LogP contribution in [0.1, 0.15) is 96.8 Å². The zero-order valence-electron chi connectivity index (χ0n) is 17.3. The number of ether oxygens (including phenoxy) is 1. The minimum Gasteiger partial charge on any atom is -0.872 e. The molecule has 1 heterocycles. The summed E-state index contributed by atoms with van der Waals surface area (Å²) < 4.78 is 4.68. The van der Waals surface area contributed by atoms with Crippen LogP contribution in [0.4, 0.5) is 0 Å². The Morgan fingerprint density at radius 1 is 0.926 bits per heavy atom. The van der Waals surface area contributed by atoms with Gasteiger partial charge in [-0.1, -0.05) is 89.7 Å². The second-order valence-corrected chi connectivity index (χ2v) is 7.23. The maximum Gasteiger partial charge on any atom is 1.00 e. The van der Waals surface area contributed by atoms with Gasteiger partial charge in [0.05, 0.1) is 12.2 Å². The van der Waals surface area contributed by atoms with Gasteiger partial charge >= 0.3 is 35.5 Å². The van der Waals surface area contributed by atoms with Crippen molar-refractivity contribution in [2.45, 2.75) is 103 Å². The number of cyclic esters (lactones) is 1. The van der Waals surface area contributed by atoms with Gasteiger partial charge in [0.2, 0.25) is 0 Å². The molecule has 0 bridgehead atoms. The summed E-state index contributed by atoms with van der Waals surface area (Å²) in [6, 6.07) is 0. The summed E-state index contributed by atoms with van der Waals surface area (Å²) in [6.07, 6.45) is 14.8. The van der Waals surface area contributed by atoms with Crippen LogP contribution in [-0.2, 0) is 14.3 Å².